The smallest absolute Gasteiger partial charge is 0.311 e. The number of carbonyl (C=O) groups excluding carboxylic acids is 1. The molecular weight excluding hydrogens is 340 g/mol. The van der Waals surface area contributed by atoms with Crippen molar-refractivity contribution in [1.29, 1.82) is 0 Å². The van der Waals surface area contributed by atoms with Gasteiger partial charge in [0.15, 0.2) is 5.13 Å². The summed E-state index contributed by atoms with van der Waals surface area (Å²) in [6, 6.07) is 5.51. The third-order valence-electron chi connectivity index (χ3n) is 5.21. The second-order valence-corrected chi connectivity index (χ2v) is 7.47. The predicted molar refractivity (Wildman–Crippen MR) is 92.9 cm³/mol. The minimum atomic E-state index is -0.777. The minimum absolute atomic E-state index is 0.0544. The summed E-state index contributed by atoms with van der Waals surface area (Å²) in [4.78, 5) is 34.6. The first-order valence-corrected chi connectivity index (χ1v) is 9.13. The number of fused-ring (bicyclic) bond motifs is 1. The van der Waals surface area contributed by atoms with Crippen molar-refractivity contribution in [3.63, 3.8) is 0 Å². The van der Waals surface area contributed by atoms with Gasteiger partial charge in [0, 0.05) is 24.7 Å². The van der Waals surface area contributed by atoms with Gasteiger partial charge in [0.2, 0.25) is 0 Å². The van der Waals surface area contributed by atoms with Crippen molar-refractivity contribution in [2.24, 2.45) is 11.3 Å². The lowest BCUT2D eigenvalue weighted by atomic mass is 9.81. The first-order valence-electron chi connectivity index (χ1n) is 8.25. The fourth-order valence-electron chi connectivity index (χ4n) is 3.93. The Morgan fingerprint density at radius 3 is 3.00 bits per heavy atom. The number of hydrogen-bond donors (Lipinski definition) is 2. The summed E-state index contributed by atoms with van der Waals surface area (Å²) >= 11 is 1.33. The van der Waals surface area contributed by atoms with Gasteiger partial charge < -0.3 is 15.3 Å². The summed E-state index contributed by atoms with van der Waals surface area (Å²) in [5.74, 6) is -0.253. The maximum Gasteiger partial charge on any atom is 0.311 e. The SMILES string of the molecule is O=C(c1csc(Nc2ccccn2)n1)N1C[C@@H]2CCC[C@@]2(C(=O)O)C1. The Balaban J connectivity index is 1.48. The van der Waals surface area contributed by atoms with Crippen LogP contribution in [-0.2, 0) is 4.79 Å². The van der Waals surface area contributed by atoms with Crippen LogP contribution in [0.2, 0.25) is 0 Å². The zero-order valence-electron chi connectivity index (χ0n) is 13.5. The van der Waals surface area contributed by atoms with Crippen LogP contribution >= 0.6 is 11.3 Å². The normalized spacial score (nSPS) is 25.0. The van der Waals surface area contributed by atoms with E-state index in [0.717, 1.165) is 12.8 Å². The summed E-state index contributed by atoms with van der Waals surface area (Å²) in [5, 5.41) is 15.0. The van der Waals surface area contributed by atoms with E-state index in [4.69, 9.17) is 0 Å². The Morgan fingerprint density at radius 1 is 1.40 bits per heavy atom. The average Bonchev–Trinajstić information content (AvgIpc) is 3.29. The summed E-state index contributed by atoms with van der Waals surface area (Å²) in [6.45, 7) is 0.790. The van der Waals surface area contributed by atoms with Gasteiger partial charge in [-0.15, -0.1) is 11.3 Å². The number of likely N-dealkylation sites (tertiary alicyclic amines) is 1. The minimum Gasteiger partial charge on any atom is -0.481 e. The summed E-state index contributed by atoms with van der Waals surface area (Å²) in [7, 11) is 0. The molecule has 7 nitrogen and oxygen atoms in total. The number of anilines is 2. The lowest BCUT2D eigenvalue weighted by molar-refractivity contribution is -0.149. The van der Waals surface area contributed by atoms with Crippen LogP contribution in [0.15, 0.2) is 29.8 Å². The molecule has 8 heteroatoms. The fraction of sp³-hybridized carbons (Fsp3) is 0.412. The van der Waals surface area contributed by atoms with E-state index in [-0.39, 0.29) is 18.4 Å². The van der Waals surface area contributed by atoms with Gasteiger partial charge in [0.05, 0.1) is 5.41 Å². The van der Waals surface area contributed by atoms with Crippen LogP contribution in [0.5, 0.6) is 0 Å². The van der Waals surface area contributed by atoms with E-state index in [1.165, 1.54) is 11.3 Å². The van der Waals surface area contributed by atoms with E-state index in [1.807, 2.05) is 18.2 Å². The molecule has 2 aliphatic rings. The monoisotopic (exact) mass is 358 g/mol. The highest BCUT2D eigenvalue weighted by Crippen LogP contribution is 2.49. The van der Waals surface area contributed by atoms with Crippen molar-refractivity contribution in [3.05, 3.63) is 35.5 Å². The van der Waals surface area contributed by atoms with Crippen molar-refractivity contribution >= 4 is 34.2 Å². The second-order valence-electron chi connectivity index (χ2n) is 6.61. The molecule has 25 heavy (non-hydrogen) atoms. The molecule has 0 spiro atoms. The third-order valence-corrected chi connectivity index (χ3v) is 5.96. The summed E-state index contributed by atoms with van der Waals surface area (Å²) < 4.78 is 0. The predicted octanol–water partition coefficient (Wildman–Crippen LogP) is 2.61. The molecule has 2 aromatic heterocycles. The van der Waals surface area contributed by atoms with Crippen molar-refractivity contribution in [1.82, 2.24) is 14.9 Å². The molecule has 1 aliphatic heterocycles. The molecule has 0 radical (unpaired) electrons. The lowest BCUT2D eigenvalue weighted by Crippen LogP contribution is -2.37. The van der Waals surface area contributed by atoms with E-state index in [9.17, 15) is 14.7 Å². The number of nitrogens with zero attached hydrogens (tertiary/aromatic N) is 3. The molecule has 0 unspecified atom stereocenters. The maximum absolute atomic E-state index is 12.7. The fourth-order valence-corrected chi connectivity index (χ4v) is 4.62. The van der Waals surface area contributed by atoms with Gasteiger partial charge in [-0.3, -0.25) is 9.59 Å². The van der Waals surface area contributed by atoms with Crippen LogP contribution in [0.3, 0.4) is 0 Å². The van der Waals surface area contributed by atoms with Gasteiger partial charge in [0.1, 0.15) is 11.5 Å². The van der Waals surface area contributed by atoms with E-state index in [1.54, 1.807) is 16.5 Å². The van der Waals surface area contributed by atoms with Crippen molar-refractivity contribution in [2.45, 2.75) is 19.3 Å². The zero-order chi connectivity index (χ0) is 17.4. The van der Waals surface area contributed by atoms with Gasteiger partial charge in [0.25, 0.3) is 5.91 Å². The standard InChI is InChI=1S/C17H18N4O3S/c22-14(21-8-11-4-3-6-17(11,10-21)15(23)24)12-9-25-16(19-12)20-13-5-1-2-7-18-13/h1-2,5,7,9,11H,3-4,6,8,10H2,(H,23,24)(H,18,19,20)/t11-,17+/m0/s1. The second kappa shape index (κ2) is 6.11. The highest BCUT2D eigenvalue weighted by Gasteiger charge is 2.55. The third kappa shape index (κ3) is 2.76. The van der Waals surface area contributed by atoms with E-state index in [0.29, 0.717) is 29.6 Å². The van der Waals surface area contributed by atoms with E-state index in [2.05, 4.69) is 15.3 Å². The summed E-state index contributed by atoms with van der Waals surface area (Å²) in [5.41, 5.74) is -0.412. The number of aliphatic carboxylic acids is 1. The Hall–Kier alpha value is -2.48. The van der Waals surface area contributed by atoms with Crippen molar-refractivity contribution < 1.29 is 14.7 Å². The van der Waals surface area contributed by atoms with Crippen LogP contribution in [0.25, 0.3) is 0 Å². The topological polar surface area (TPSA) is 95.4 Å². The van der Waals surface area contributed by atoms with Crippen LogP contribution in [-0.4, -0.2) is 44.9 Å². The zero-order valence-corrected chi connectivity index (χ0v) is 14.3. The largest absolute Gasteiger partial charge is 0.481 e. The molecule has 3 heterocycles. The van der Waals surface area contributed by atoms with Crippen LogP contribution in [0.4, 0.5) is 10.9 Å². The van der Waals surface area contributed by atoms with Crippen LogP contribution in [0, 0.1) is 11.3 Å². The molecule has 1 amide bonds. The number of thiazole rings is 1. The number of carboxylic acids is 1. The molecule has 2 atom stereocenters. The molecule has 1 aliphatic carbocycles. The van der Waals surface area contributed by atoms with Crippen molar-refractivity contribution in [2.75, 3.05) is 18.4 Å². The number of aromatic nitrogens is 2. The first-order chi connectivity index (χ1) is 12.1. The number of amides is 1. The molecule has 0 bridgehead atoms. The van der Waals surface area contributed by atoms with Crippen LogP contribution < -0.4 is 5.32 Å². The number of nitrogens with one attached hydrogen (secondary N) is 1. The highest BCUT2D eigenvalue weighted by molar-refractivity contribution is 7.14. The highest BCUT2D eigenvalue weighted by atomic mass is 32.1. The quantitative estimate of drug-likeness (QED) is 0.872. The van der Waals surface area contributed by atoms with E-state index >= 15 is 0 Å². The number of hydrogen-bond acceptors (Lipinski definition) is 6. The van der Waals surface area contributed by atoms with Gasteiger partial charge in [-0.2, -0.15) is 0 Å². The van der Waals surface area contributed by atoms with Gasteiger partial charge in [-0.1, -0.05) is 12.5 Å². The van der Waals surface area contributed by atoms with Crippen molar-refractivity contribution in [3.8, 4) is 0 Å². The maximum atomic E-state index is 12.7. The van der Waals surface area contributed by atoms with Gasteiger partial charge in [-0.25, -0.2) is 9.97 Å². The molecule has 1 saturated heterocycles. The molecule has 2 aromatic rings. The lowest BCUT2D eigenvalue weighted by Gasteiger charge is -2.23. The van der Waals surface area contributed by atoms with Crippen LogP contribution in [0.1, 0.15) is 29.8 Å². The Kier molecular flexibility index (Phi) is 3.91. The molecule has 0 aromatic carbocycles. The average molecular weight is 358 g/mol. The molecule has 4 rings (SSSR count). The molecule has 1 saturated carbocycles. The molecular formula is C17H18N4O3S. The summed E-state index contributed by atoms with van der Waals surface area (Å²) in [6.07, 6.45) is 4.13. The number of carbonyl (C=O) groups is 2. The van der Waals surface area contributed by atoms with Gasteiger partial charge >= 0.3 is 5.97 Å². The Labute approximate surface area is 148 Å². The molecule has 130 valence electrons. The first kappa shape index (κ1) is 16.0. The Bertz CT molecular complexity index is 809. The number of rotatable bonds is 4. The molecule has 2 fully saturated rings. The van der Waals surface area contributed by atoms with Gasteiger partial charge in [-0.05, 0) is 30.9 Å². The Morgan fingerprint density at radius 2 is 2.28 bits per heavy atom. The molecule has 2 N–H and O–H groups in total. The number of carboxylic acid groups (broad SMARTS) is 1. The van der Waals surface area contributed by atoms with E-state index < -0.39 is 11.4 Å². The number of pyridine rings is 1.